The summed E-state index contributed by atoms with van der Waals surface area (Å²) in [6, 6.07) is 5.18. The molecule has 1 amide bonds. The molecule has 0 bridgehead atoms. The smallest absolute Gasteiger partial charge is 0.292 e. The molecule has 1 atom stereocenters. The van der Waals surface area contributed by atoms with Gasteiger partial charge in [-0.15, -0.1) is 0 Å². The number of aromatic nitrogens is 3. The molecule has 8 heteroatoms. The monoisotopic (exact) mass is 390 g/mol. The van der Waals surface area contributed by atoms with Crippen LogP contribution in [-0.2, 0) is 6.42 Å². The Morgan fingerprint density at radius 1 is 1.35 bits per heavy atom. The average molecular weight is 391 g/mol. The number of halogens is 2. The second-order valence-corrected chi connectivity index (χ2v) is 6.93. The van der Waals surface area contributed by atoms with Crippen molar-refractivity contribution in [3.8, 4) is 5.88 Å². The maximum absolute atomic E-state index is 13.0. The number of hydrogen-bond acceptors (Lipinski definition) is 4. The van der Waals surface area contributed by atoms with Crippen molar-refractivity contribution in [1.82, 2.24) is 19.9 Å². The van der Waals surface area contributed by atoms with Gasteiger partial charge in [0.1, 0.15) is 0 Å². The van der Waals surface area contributed by atoms with Gasteiger partial charge in [0.2, 0.25) is 11.7 Å². The van der Waals surface area contributed by atoms with Crippen molar-refractivity contribution in [2.75, 3.05) is 13.7 Å². The molecule has 0 fully saturated rings. The zero-order valence-electron chi connectivity index (χ0n) is 14.2. The van der Waals surface area contributed by atoms with Gasteiger partial charge in [-0.3, -0.25) is 4.79 Å². The predicted molar refractivity (Wildman–Crippen MR) is 100 cm³/mol. The summed E-state index contributed by atoms with van der Waals surface area (Å²) in [6.07, 6.45) is 2.21. The number of rotatable bonds is 2. The van der Waals surface area contributed by atoms with Gasteiger partial charge in [0.05, 0.1) is 28.7 Å². The highest BCUT2D eigenvalue weighted by atomic mass is 35.5. The molecule has 1 unspecified atom stereocenters. The molecule has 4 rings (SSSR count). The standard InChI is InChI=1S/C18H16Cl2N4O2/c1-9-14-10-3-4-11(19)15(20)16(10)22-12(14)6-8-24(9)18(25)17-21-7-5-13(23-17)26-2/h3-5,7,9,22H,6,8H2,1-2H3. The first-order valence-electron chi connectivity index (χ1n) is 8.17. The summed E-state index contributed by atoms with van der Waals surface area (Å²) >= 11 is 12.5. The predicted octanol–water partition coefficient (Wildman–Crippen LogP) is 4.03. The minimum absolute atomic E-state index is 0.126. The van der Waals surface area contributed by atoms with Gasteiger partial charge in [-0.25, -0.2) is 4.98 Å². The lowest BCUT2D eigenvalue weighted by Gasteiger charge is -2.33. The van der Waals surface area contributed by atoms with Gasteiger partial charge in [0.15, 0.2) is 0 Å². The second-order valence-electron chi connectivity index (χ2n) is 6.15. The molecule has 3 aromatic rings. The van der Waals surface area contributed by atoms with E-state index < -0.39 is 0 Å². The van der Waals surface area contributed by atoms with Gasteiger partial charge in [0, 0.05) is 41.9 Å². The Morgan fingerprint density at radius 2 is 2.15 bits per heavy atom. The molecule has 0 saturated carbocycles. The van der Waals surface area contributed by atoms with Crippen LogP contribution in [0, 0.1) is 0 Å². The Morgan fingerprint density at radius 3 is 2.92 bits per heavy atom. The minimum atomic E-state index is -0.225. The Hall–Kier alpha value is -2.31. The normalized spacial score (nSPS) is 16.6. The number of methoxy groups -OCH3 is 1. The molecule has 6 nitrogen and oxygen atoms in total. The molecule has 2 aromatic heterocycles. The highest BCUT2D eigenvalue weighted by Crippen LogP contribution is 2.40. The average Bonchev–Trinajstić information content (AvgIpc) is 3.05. The number of benzene rings is 1. The van der Waals surface area contributed by atoms with Crippen molar-refractivity contribution in [3.05, 3.63) is 51.5 Å². The number of nitrogens with zero attached hydrogens (tertiary/aromatic N) is 3. The van der Waals surface area contributed by atoms with E-state index >= 15 is 0 Å². The van der Waals surface area contributed by atoms with Crippen molar-refractivity contribution < 1.29 is 9.53 Å². The van der Waals surface area contributed by atoms with Gasteiger partial charge in [0.25, 0.3) is 5.91 Å². The number of carbonyl (C=O) groups is 1. The molecule has 1 aliphatic heterocycles. The van der Waals surface area contributed by atoms with Crippen LogP contribution in [0.5, 0.6) is 5.88 Å². The summed E-state index contributed by atoms with van der Waals surface area (Å²) in [7, 11) is 1.51. The van der Waals surface area contributed by atoms with E-state index in [-0.39, 0.29) is 17.8 Å². The molecule has 1 N–H and O–H groups in total. The third-order valence-corrected chi connectivity index (χ3v) is 5.57. The lowest BCUT2D eigenvalue weighted by atomic mass is 9.97. The van der Waals surface area contributed by atoms with Crippen LogP contribution < -0.4 is 4.74 Å². The first-order chi connectivity index (χ1) is 12.5. The van der Waals surface area contributed by atoms with E-state index in [0.29, 0.717) is 28.9 Å². The Balaban J connectivity index is 1.75. The third kappa shape index (κ3) is 2.61. The molecular formula is C18H16Cl2N4O2. The fourth-order valence-electron chi connectivity index (χ4n) is 3.50. The summed E-state index contributed by atoms with van der Waals surface area (Å²) in [6.45, 7) is 2.55. The Bertz CT molecular complexity index is 1020. The first kappa shape index (κ1) is 17.1. The molecule has 134 valence electrons. The number of aromatic amines is 1. The van der Waals surface area contributed by atoms with Crippen molar-refractivity contribution in [1.29, 1.82) is 0 Å². The maximum Gasteiger partial charge on any atom is 0.292 e. The molecule has 3 heterocycles. The number of nitrogens with one attached hydrogen (secondary N) is 1. The molecule has 0 aliphatic carbocycles. The van der Waals surface area contributed by atoms with Crippen LogP contribution in [0.4, 0.5) is 0 Å². The highest BCUT2D eigenvalue weighted by molar-refractivity contribution is 6.45. The fraction of sp³-hybridized carbons (Fsp3) is 0.278. The van der Waals surface area contributed by atoms with Crippen molar-refractivity contribution in [2.45, 2.75) is 19.4 Å². The maximum atomic E-state index is 13.0. The van der Waals surface area contributed by atoms with Crippen LogP contribution in [0.15, 0.2) is 24.4 Å². The molecule has 26 heavy (non-hydrogen) atoms. The number of fused-ring (bicyclic) bond motifs is 3. The van der Waals surface area contributed by atoms with Gasteiger partial charge in [-0.05, 0) is 13.0 Å². The molecular weight excluding hydrogens is 375 g/mol. The molecule has 0 spiro atoms. The van der Waals surface area contributed by atoms with E-state index in [1.807, 2.05) is 13.0 Å². The van der Waals surface area contributed by atoms with E-state index in [2.05, 4.69) is 15.0 Å². The number of carbonyl (C=O) groups excluding carboxylic acids is 1. The number of ether oxygens (including phenoxy) is 1. The van der Waals surface area contributed by atoms with E-state index in [9.17, 15) is 4.79 Å². The zero-order valence-corrected chi connectivity index (χ0v) is 15.7. The molecule has 0 radical (unpaired) electrons. The Kier molecular flexibility index (Phi) is 4.25. The Labute approximate surface area is 160 Å². The van der Waals surface area contributed by atoms with Crippen LogP contribution in [0.1, 0.15) is 34.8 Å². The van der Waals surface area contributed by atoms with Crippen molar-refractivity contribution in [3.63, 3.8) is 0 Å². The van der Waals surface area contributed by atoms with Gasteiger partial charge in [-0.1, -0.05) is 29.3 Å². The number of H-pyrrole nitrogens is 1. The van der Waals surface area contributed by atoms with Crippen LogP contribution in [-0.4, -0.2) is 39.4 Å². The van der Waals surface area contributed by atoms with Crippen molar-refractivity contribution in [2.24, 2.45) is 0 Å². The minimum Gasteiger partial charge on any atom is -0.481 e. The van der Waals surface area contributed by atoms with Crippen LogP contribution in [0.2, 0.25) is 10.0 Å². The van der Waals surface area contributed by atoms with E-state index in [1.165, 1.54) is 13.3 Å². The van der Waals surface area contributed by atoms with E-state index in [0.717, 1.165) is 22.2 Å². The van der Waals surface area contributed by atoms with Crippen LogP contribution in [0.25, 0.3) is 10.9 Å². The second kappa shape index (κ2) is 6.45. The first-order valence-corrected chi connectivity index (χ1v) is 8.93. The van der Waals surface area contributed by atoms with Crippen LogP contribution in [0.3, 0.4) is 0 Å². The topological polar surface area (TPSA) is 71.1 Å². The lowest BCUT2D eigenvalue weighted by molar-refractivity contribution is 0.0664. The van der Waals surface area contributed by atoms with E-state index in [4.69, 9.17) is 27.9 Å². The molecule has 1 aliphatic rings. The van der Waals surface area contributed by atoms with Crippen LogP contribution >= 0.6 is 23.2 Å². The number of hydrogen-bond donors (Lipinski definition) is 1. The zero-order chi connectivity index (χ0) is 18.4. The summed E-state index contributed by atoms with van der Waals surface area (Å²) in [5, 5.41) is 1.98. The summed E-state index contributed by atoms with van der Waals surface area (Å²) < 4.78 is 5.09. The third-order valence-electron chi connectivity index (χ3n) is 4.77. The largest absolute Gasteiger partial charge is 0.481 e. The quantitative estimate of drug-likeness (QED) is 0.716. The van der Waals surface area contributed by atoms with Gasteiger partial charge < -0.3 is 14.6 Å². The van der Waals surface area contributed by atoms with E-state index in [1.54, 1.807) is 17.0 Å². The summed E-state index contributed by atoms with van der Waals surface area (Å²) in [4.78, 5) is 26.4. The molecule has 0 saturated heterocycles. The SMILES string of the molecule is COc1ccnc(C(=O)N2CCc3[nH]c4c(Cl)c(Cl)ccc4c3C2C)n1. The lowest BCUT2D eigenvalue weighted by Crippen LogP contribution is -2.39. The summed E-state index contributed by atoms with van der Waals surface area (Å²) in [5.41, 5.74) is 2.94. The van der Waals surface area contributed by atoms with Gasteiger partial charge in [-0.2, -0.15) is 4.98 Å². The molecule has 1 aromatic carbocycles. The number of amides is 1. The summed E-state index contributed by atoms with van der Waals surface area (Å²) in [5.74, 6) is 0.263. The van der Waals surface area contributed by atoms with Crippen molar-refractivity contribution >= 4 is 40.0 Å². The highest BCUT2D eigenvalue weighted by Gasteiger charge is 2.32. The fourth-order valence-corrected chi connectivity index (χ4v) is 3.87. The van der Waals surface area contributed by atoms with Gasteiger partial charge >= 0.3 is 0 Å².